The van der Waals surface area contributed by atoms with Gasteiger partial charge in [-0.05, 0) is 25.5 Å². The van der Waals surface area contributed by atoms with E-state index in [1.807, 2.05) is 6.92 Å². The van der Waals surface area contributed by atoms with E-state index < -0.39 is 17.4 Å². The summed E-state index contributed by atoms with van der Waals surface area (Å²) < 4.78 is 4.72. The van der Waals surface area contributed by atoms with E-state index in [0.29, 0.717) is 12.8 Å². The van der Waals surface area contributed by atoms with Crippen molar-refractivity contribution in [3.05, 3.63) is 29.8 Å². The standard InChI is InChI=1S/C14H19NO4/c1-4-9-14(2,13(18)19-3)15-12(17)10-7-5-6-8-11(10)16/h5-8,16H,4,9H2,1-3H3,(H,15,17). The number of carbonyl (C=O) groups is 2. The second-order valence-corrected chi connectivity index (χ2v) is 4.54. The molecular formula is C14H19NO4. The van der Waals surface area contributed by atoms with E-state index in [0.717, 1.165) is 0 Å². The van der Waals surface area contributed by atoms with Crippen molar-refractivity contribution in [2.45, 2.75) is 32.2 Å². The topological polar surface area (TPSA) is 75.6 Å². The highest BCUT2D eigenvalue weighted by atomic mass is 16.5. The zero-order valence-electron chi connectivity index (χ0n) is 11.4. The van der Waals surface area contributed by atoms with Gasteiger partial charge in [0, 0.05) is 0 Å². The van der Waals surface area contributed by atoms with E-state index in [9.17, 15) is 14.7 Å². The van der Waals surface area contributed by atoms with Crippen molar-refractivity contribution in [1.82, 2.24) is 5.32 Å². The molecule has 104 valence electrons. The minimum Gasteiger partial charge on any atom is -0.507 e. The highest BCUT2D eigenvalue weighted by Crippen LogP contribution is 2.19. The number of phenols is 1. The highest BCUT2D eigenvalue weighted by molar-refractivity contribution is 5.99. The summed E-state index contributed by atoms with van der Waals surface area (Å²) in [4.78, 5) is 23.9. The Kier molecular flexibility index (Phi) is 4.92. The van der Waals surface area contributed by atoms with Crippen LogP contribution in [0.1, 0.15) is 37.0 Å². The van der Waals surface area contributed by atoms with Gasteiger partial charge in [-0.2, -0.15) is 0 Å². The second-order valence-electron chi connectivity index (χ2n) is 4.54. The number of esters is 1. The Morgan fingerprint density at radius 2 is 2.00 bits per heavy atom. The lowest BCUT2D eigenvalue weighted by molar-refractivity contribution is -0.147. The number of phenolic OH excluding ortho intramolecular Hbond substituents is 1. The molecule has 5 nitrogen and oxygen atoms in total. The molecule has 1 atom stereocenters. The molecule has 0 heterocycles. The quantitative estimate of drug-likeness (QED) is 0.797. The van der Waals surface area contributed by atoms with Crippen molar-refractivity contribution in [1.29, 1.82) is 0 Å². The molecule has 2 N–H and O–H groups in total. The molecule has 0 aromatic heterocycles. The van der Waals surface area contributed by atoms with Crippen LogP contribution in [0.4, 0.5) is 0 Å². The Morgan fingerprint density at radius 3 is 2.53 bits per heavy atom. The van der Waals surface area contributed by atoms with Crippen molar-refractivity contribution in [2.24, 2.45) is 0 Å². The molecule has 0 spiro atoms. The molecule has 19 heavy (non-hydrogen) atoms. The van der Waals surface area contributed by atoms with Crippen molar-refractivity contribution in [2.75, 3.05) is 7.11 Å². The number of aromatic hydroxyl groups is 1. The molecular weight excluding hydrogens is 246 g/mol. The average molecular weight is 265 g/mol. The number of carbonyl (C=O) groups excluding carboxylic acids is 2. The van der Waals surface area contributed by atoms with Crippen LogP contribution in [0.25, 0.3) is 0 Å². The first-order valence-corrected chi connectivity index (χ1v) is 6.13. The minimum absolute atomic E-state index is 0.122. The van der Waals surface area contributed by atoms with Crippen LogP contribution in [0.15, 0.2) is 24.3 Å². The summed E-state index contributed by atoms with van der Waals surface area (Å²) in [7, 11) is 1.28. The van der Waals surface area contributed by atoms with Crippen molar-refractivity contribution < 1.29 is 19.4 Å². The molecule has 1 rings (SSSR count). The van der Waals surface area contributed by atoms with Gasteiger partial charge in [-0.15, -0.1) is 0 Å². The van der Waals surface area contributed by atoms with Crippen LogP contribution < -0.4 is 5.32 Å². The van der Waals surface area contributed by atoms with Crippen LogP contribution in [0.2, 0.25) is 0 Å². The predicted molar refractivity (Wildman–Crippen MR) is 70.9 cm³/mol. The van der Waals surface area contributed by atoms with Gasteiger partial charge in [-0.1, -0.05) is 25.5 Å². The van der Waals surface area contributed by atoms with Crippen LogP contribution in [0.3, 0.4) is 0 Å². The van der Waals surface area contributed by atoms with Crippen molar-refractivity contribution >= 4 is 11.9 Å². The number of rotatable bonds is 5. The molecule has 0 aliphatic rings. The molecule has 1 unspecified atom stereocenters. The zero-order valence-corrected chi connectivity index (χ0v) is 11.4. The zero-order chi connectivity index (χ0) is 14.5. The maximum atomic E-state index is 12.1. The minimum atomic E-state index is -1.09. The maximum Gasteiger partial charge on any atom is 0.331 e. The van der Waals surface area contributed by atoms with Crippen molar-refractivity contribution in [3.63, 3.8) is 0 Å². The van der Waals surface area contributed by atoms with Gasteiger partial charge in [0.05, 0.1) is 12.7 Å². The van der Waals surface area contributed by atoms with E-state index in [1.54, 1.807) is 19.1 Å². The Hall–Kier alpha value is -2.04. The number of para-hydroxylation sites is 1. The Morgan fingerprint density at radius 1 is 1.37 bits per heavy atom. The summed E-state index contributed by atoms with van der Waals surface area (Å²) in [5.74, 6) is -1.12. The van der Waals surface area contributed by atoms with Crippen molar-refractivity contribution in [3.8, 4) is 5.75 Å². The summed E-state index contributed by atoms with van der Waals surface area (Å²) in [6.45, 7) is 3.52. The first kappa shape index (κ1) is 15.0. The third-order valence-corrected chi connectivity index (χ3v) is 2.92. The molecule has 1 amide bonds. The van der Waals surface area contributed by atoms with Gasteiger partial charge in [0.1, 0.15) is 11.3 Å². The molecule has 0 aliphatic carbocycles. The Bertz CT molecular complexity index is 472. The average Bonchev–Trinajstić information content (AvgIpc) is 2.38. The van der Waals surface area contributed by atoms with Gasteiger partial charge in [0.25, 0.3) is 5.91 Å². The van der Waals surface area contributed by atoms with Gasteiger partial charge in [-0.3, -0.25) is 4.79 Å². The van der Waals surface area contributed by atoms with Crippen LogP contribution in [0.5, 0.6) is 5.75 Å². The van der Waals surface area contributed by atoms with Crippen LogP contribution in [0, 0.1) is 0 Å². The number of nitrogens with one attached hydrogen (secondary N) is 1. The molecule has 0 fully saturated rings. The van der Waals surface area contributed by atoms with Gasteiger partial charge in [-0.25, -0.2) is 4.79 Å². The Labute approximate surface area is 112 Å². The number of amides is 1. The molecule has 1 aromatic rings. The van der Waals surface area contributed by atoms with E-state index >= 15 is 0 Å². The molecule has 0 aliphatic heterocycles. The van der Waals surface area contributed by atoms with Gasteiger partial charge >= 0.3 is 5.97 Å². The number of hydrogen-bond donors (Lipinski definition) is 2. The second kappa shape index (κ2) is 6.22. The normalized spacial score (nSPS) is 13.4. The summed E-state index contributed by atoms with van der Waals surface area (Å²) in [6, 6.07) is 6.18. The van der Waals surface area contributed by atoms with Gasteiger partial charge in [0.15, 0.2) is 0 Å². The lowest BCUT2D eigenvalue weighted by Crippen LogP contribution is -2.52. The summed E-state index contributed by atoms with van der Waals surface area (Å²) >= 11 is 0. The molecule has 0 bridgehead atoms. The molecule has 0 saturated heterocycles. The number of methoxy groups -OCH3 is 1. The van der Waals surface area contributed by atoms with Gasteiger partial charge < -0.3 is 15.2 Å². The van der Waals surface area contributed by atoms with E-state index in [4.69, 9.17) is 4.74 Å². The fourth-order valence-electron chi connectivity index (χ4n) is 1.92. The lowest BCUT2D eigenvalue weighted by Gasteiger charge is -2.27. The fourth-order valence-corrected chi connectivity index (χ4v) is 1.92. The molecule has 0 saturated carbocycles. The maximum absolute atomic E-state index is 12.1. The van der Waals surface area contributed by atoms with E-state index in [-0.39, 0.29) is 11.3 Å². The summed E-state index contributed by atoms with van der Waals surface area (Å²) in [5, 5.41) is 12.3. The van der Waals surface area contributed by atoms with Crippen LogP contribution in [-0.2, 0) is 9.53 Å². The van der Waals surface area contributed by atoms with Gasteiger partial charge in [0.2, 0.25) is 0 Å². The highest BCUT2D eigenvalue weighted by Gasteiger charge is 2.35. The summed E-state index contributed by atoms with van der Waals surface area (Å²) in [5.41, 5.74) is -0.961. The Balaban J connectivity index is 2.95. The first-order chi connectivity index (χ1) is 8.94. The van der Waals surface area contributed by atoms with Crippen LogP contribution in [-0.4, -0.2) is 29.6 Å². The molecule has 1 aromatic carbocycles. The van der Waals surface area contributed by atoms with E-state index in [1.165, 1.54) is 19.2 Å². The third-order valence-electron chi connectivity index (χ3n) is 2.92. The largest absolute Gasteiger partial charge is 0.507 e. The predicted octanol–water partition coefficient (Wildman–Crippen LogP) is 1.85. The monoisotopic (exact) mass is 265 g/mol. The SMILES string of the molecule is CCCC(C)(NC(=O)c1ccccc1O)C(=O)OC. The third kappa shape index (κ3) is 3.47. The number of ether oxygens (including phenoxy) is 1. The smallest absolute Gasteiger partial charge is 0.331 e. The van der Waals surface area contributed by atoms with Crippen LogP contribution >= 0.6 is 0 Å². The van der Waals surface area contributed by atoms with E-state index in [2.05, 4.69) is 5.32 Å². The number of hydrogen-bond acceptors (Lipinski definition) is 4. The molecule has 0 radical (unpaired) electrons. The fraction of sp³-hybridized carbons (Fsp3) is 0.429. The lowest BCUT2D eigenvalue weighted by atomic mass is 9.95. The molecule has 5 heteroatoms. The number of benzene rings is 1. The summed E-state index contributed by atoms with van der Waals surface area (Å²) in [6.07, 6.45) is 1.17. The first-order valence-electron chi connectivity index (χ1n) is 6.13.